The molecule has 0 amide bonds. The van der Waals surface area contributed by atoms with Crippen molar-refractivity contribution in [1.82, 2.24) is 0 Å². The van der Waals surface area contributed by atoms with E-state index in [4.69, 9.17) is 0 Å². The maximum atomic E-state index is 12.4. The van der Waals surface area contributed by atoms with Crippen molar-refractivity contribution >= 4 is 36.8 Å². The van der Waals surface area contributed by atoms with E-state index in [1.807, 2.05) is 0 Å². The summed E-state index contributed by atoms with van der Waals surface area (Å²) in [6, 6.07) is 20.8. The highest BCUT2D eigenvalue weighted by atomic mass is 32.1. The molecule has 118 valence electrons. The van der Waals surface area contributed by atoms with Gasteiger partial charge in [-0.2, -0.15) is 0 Å². The standard InChI is InChI=1S/C20H14O2S2/c21-19(15-5-9-17(23)10-6-15)13-1-2-14(4-3-13)20(22)16-7-11-18(24)12-8-16/h1-12,23-24H. The van der Waals surface area contributed by atoms with Gasteiger partial charge in [-0.05, 0) is 48.5 Å². The van der Waals surface area contributed by atoms with Gasteiger partial charge in [0, 0.05) is 32.0 Å². The zero-order chi connectivity index (χ0) is 17.1. The van der Waals surface area contributed by atoms with Gasteiger partial charge >= 0.3 is 0 Å². The first kappa shape index (κ1) is 16.6. The minimum absolute atomic E-state index is 0.0817. The van der Waals surface area contributed by atoms with Gasteiger partial charge < -0.3 is 0 Å². The highest BCUT2D eigenvalue weighted by molar-refractivity contribution is 7.80. The fourth-order valence-corrected chi connectivity index (χ4v) is 2.63. The molecule has 0 aliphatic heterocycles. The second-order valence-electron chi connectivity index (χ2n) is 5.33. The normalized spacial score (nSPS) is 10.4. The van der Waals surface area contributed by atoms with E-state index in [0.29, 0.717) is 22.3 Å². The Morgan fingerprint density at radius 1 is 0.458 bits per heavy atom. The number of carbonyl (C=O) groups excluding carboxylic acids is 2. The van der Waals surface area contributed by atoms with Gasteiger partial charge in [-0.15, -0.1) is 25.3 Å². The van der Waals surface area contributed by atoms with Crippen LogP contribution in [0.1, 0.15) is 31.8 Å². The van der Waals surface area contributed by atoms with Crippen molar-refractivity contribution in [3.8, 4) is 0 Å². The summed E-state index contributed by atoms with van der Waals surface area (Å²) >= 11 is 8.42. The molecule has 0 N–H and O–H groups in total. The van der Waals surface area contributed by atoms with Crippen molar-refractivity contribution < 1.29 is 9.59 Å². The first-order chi connectivity index (χ1) is 11.5. The van der Waals surface area contributed by atoms with E-state index in [0.717, 1.165) is 9.79 Å². The van der Waals surface area contributed by atoms with Crippen molar-refractivity contribution in [3.05, 3.63) is 95.1 Å². The van der Waals surface area contributed by atoms with Crippen molar-refractivity contribution in [1.29, 1.82) is 0 Å². The number of hydrogen-bond acceptors (Lipinski definition) is 4. The quantitative estimate of drug-likeness (QED) is 0.527. The van der Waals surface area contributed by atoms with Gasteiger partial charge in [-0.25, -0.2) is 0 Å². The Morgan fingerprint density at radius 2 is 0.667 bits per heavy atom. The molecule has 24 heavy (non-hydrogen) atoms. The molecule has 3 rings (SSSR count). The molecular formula is C20H14O2S2. The molecule has 3 aromatic rings. The van der Waals surface area contributed by atoms with Gasteiger partial charge in [-0.1, -0.05) is 24.3 Å². The Morgan fingerprint density at radius 3 is 0.917 bits per heavy atom. The highest BCUT2D eigenvalue weighted by Crippen LogP contribution is 2.16. The van der Waals surface area contributed by atoms with Gasteiger partial charge in [0.25, 0.3) is 0 Å². The van der Waals surface area contributed by atoms with Crippen molar-refractivity contribution in [2.75, 3.05) is 0 Å². The van der Waals surface area contributed by atoms with Gasteiger partial charge in [0.05, 0.1) is 0 Å². The van der Waals surface area contributed by atoms with Crippen LogP contribution in [-0.4, -0.2) is 11.6 Å². The summed E-state index contributed by atoms with van der Waals surface area (Å²) in [4.78, 5) is 26.5. The van der Waals surface area contributed by atoms with Crippen molar-refractivity contribution in [2.45, 2.75) is 9.79 Å². The Labute approximate surface area is 151 Å². The molecule has 0 aliphatic carbocycles. The Balaban J connectivity index is 1.82. The fraction of sp³-hybridized carbons (Fsp3) is 0. The van der Waals surface area contributed by atoms with E-state index in [1.54, 1.807) is 72.8 Å². The molecule has 0 radical (unpaired) electrons. The summed E-state index contributed by atoms with van der Waals surface area (Å²) in [5.41, 5.74) is 2.28. The smallest absolute Gasteiger partial charge is 0.193 e. The third kappa shape index (κ3) is 3.61. The molecule has 0 bridgehead atoms. The minimum atomic E-state index is -0.0817. The van der Waals surface area contributed by atoms with Crippen LogP contribution < -0.4 is 0 Å². The van der Waals surface area contributed by atoms with Crippen LogP contribution in [0.5, 0.6) is 0 Å². The van der Waals surface area contributed by atoms with Crippen LogP contribution in [0.2, 0.25) is 0 Å². The lowest BCUT2D eigenvalue weighted by Gasteiger charge is -2.05. The summed E-state index contributed by atoms with van der Waals surface area (Å²) in [7, 11) is 0. The summed E-state index contributed by atoms with van der Waals surface area (Å²) < 4.78 is 0. The van der Waals surface area contributed by atoms with E-state index < -0.39 is 0 Å². The molecular weight excluding hydrogens is 336 g/mol. The van der Waals surface area contributed by atoms with Gasteiger partial charge in [0.15, 0.2) is 11.6 Å². The van der Waals surface area contributed by atoms with Crippen LogP contribution in [0.4, 0.5) is 0 Å². The van der Waals surface area contributed by atoms with Crippen LogP contribution in [0, 0.1) is 0 Å². The predicted molar refractivity (Wildman–Crippen MR) is 101 cm³/mol. The maximum absolute atomic E-state index is 12.4. The highest BCUT2D eigenvalue weighted by Gasteiger charge is 2.12. The lowest BCUT2D eigenvalue weighted by Crippen LogP contribution is -2.04. The van der Waals surface area contributed by atoms with Crippen LogP contribution >= 0.6 is 25.3 Å². The average molecular weight is 350 g/mol. The zero-order valence-electron chi connectivity index (χ0n) is 12.6. The van der Waals surface area contributed by atoms with Crippen molar-refractivity contribution in [3.63, 3.8) is 0 Å². The third-order valence-electron chi connectivity index (χ3n) is 3.67. The lowest BCUT2D eigenvalue weighted by atomic mass is 9.99. The van der Waals surface area contributed by atoms with E-state index in [2.05, 4.69) is 25.3 Å². The maximum Gasteiger partial charge on any atom is 0.193 e. The summed E-state index contributed by atoms with van der Waals surface area (Å²) in [5, 5.41) is 0. The minimum Gasteiger partial charge on any atom is -0.289 e. The van der Waals surface area contributed by atoms with Crippen molar-refractivity contribution in [2.24, 2.45) is 0 Å². The second-order valence-corrected chi connectivity index (χ2v) is 6.36. The Hall–Kier alpha value is -2.30. The van der Waals surface area contributed by atoms with Crippen LogP contribution in [0.25, 0.3) is 0 Å². The Bertz CT molecular complexity index is 804. The van der Waals surface area contributed by atoms with E-state index in [1.165, 1.54) is 0 Å². The number of rotatable bonds is 4. The van der Waals surface area contributed by atoms with Gasteiger partial charge in [0.2, 0.25) is 0 Å². The molecule has 0 spiro atoms. The fourth-order valence-electron chi connectivity index (χ4n) is 2.33. The molecule has 0 fully saturated rings. The molecule has 0 unspecified atom stereocenters. The number of benzene rings is 3. The first-order valence-corrected chi connectivity index (χ1v) is 8.21. The lowest BCUT2D eigenvalue weighted by molar-refractivity contribution is 0.102. The molecule has 4 heteroatoms. The number of carbonyl (C=O) groups is 2. The third-order valence-corrected chi connectivity index (χ3v) is 4.26. The monoisotopic (exact) mass is 350 g/mol. The van der Waals surface area contributed by atoms with Gasteiger partial charge in [0.1, 0.15) is 0 Å². The molecule has 0 atom stereocenters. The van der Waals surface area contributed by atoms with E-state index >= 15 is 0 Å². The average Bonchev–Trinajstić information content (AvgIpc) is 2.62. The molecule has 0 aliphatic rings. The topological polar surface area (TPSA) is 34.1 Å². The Kier molecular flexibility index (Phi) is 4.88. The van der Waals surface area contributed by atoms with Crippen LogP contribution in [-0.2, 0) is 0 Å². The largest absolute Gasteiger partial charge is 0.289 e. The first-order valence-electron chi connectivity index (χ1n) is 7.32. The predicted octanol–water partition coefficient (Wildman–Crippen LogP) is 4.73. The molecule has 3 aromatic carbocycles. The second kappa shape index (κ2) is 7.07. The molecule has 0 aromatic heterocycles. The SMILES string of the molecule is O=C(c1ccc(S)cc1)c1ccc(C(=O)c2ccc(S)cc2)cc1. The summed E-state index contributed by atoms with van der Waals surface area (Å²) in [5.74, 6) is -0.163. The molecule has 0 saturated heterocycles. The molecule has 2 nitrogen and oxygen atoms in total. The number of ketones is 2. The van der Waals surface area contributed by atoms with E-state index in [9.17, 15) is 9.59 Å². The number of thiol groups is 2. The van der Waals surface area contributed by atoms with Crippen LogP contribution in [0.3, 0.4) is 0 Å². The molecule has 0 heterocycles. The van der Waals surface area contributed by atoms with Gasteiger partial charge in [-0.3, -0.25) is 9.59 Å². The number of hydrogen-bond donors (Lipinski definition) is 2. The van der Waals surface area contributed by atoms with Crippen LogP contribution in [0.15, 0.2) is 82.6 Å². The van der Waals surface area contributed by atoms with E-state index in [-0.39, 0.29) is 11.6 Å². The summed E-state index contributed by atoms with van der Waals surface area (Å²) in [6.07, 6.45) is 0. The molecule has 0 saturated carbocycles. The zero-order valence-corrected chi connectivity index (χ0v) is 14.4. The summed E-state index contributed by atoms with van der Waals surface area (Å²) in [6.45, 7) is 0.